The first-order valence-electron chi connectivity index (χ1n) is 5.75. The molecule has 1 unspecified atom stereocenters. The van der Waals surface area contributed by atoms with Crippen LogP contribution in [0.15, 0.2) is 0 Å². The topological polar surface area (TPSA) is 52.6 Å². The summed E-state index contributed by atoms with van der Waals surface area (Å²) < 4.78 is 10.3. The summed E-state index contributed by atoms with van der Waals surface area (Å²) in [6.45, 7) is 7.31. The highest BCUT2D eigenvalue weighted by Crippen LogP contribution is 2.12. The van der Waals surface area contributed by atoms with E-state index in [-0.39, 0.29) is 18.4 Å². The molecule has 0 aliphatic rings. The molecule has 0 heterocycles. The number of hydrogen-bond acceptors (Lipinski definition) is 4. The first-order chi connectivity index (χ1) is 7.78. The molecule has 1 atom stereocenters. The van der Waals surface area contributed by atoms with Crippen LogP contribution in [-0.2, 0) is 19.1 Å². The smallest absolute Gasteiger partial charge is 0.310 e. The number of halogens is 1. The maximum Gasteiger partial charge on any atom is 0.310 e. The molecule has 0 aromatic rings. The molecule has 0 aromatic heterocycles. The highest BCUT2D eigenvalue weighted by molar-refractivity contribution is 9.09. The van der Waals surface area contributed by atoms with Gasteiger partial charge < -0.3 is 9.47 Å². The van der Waals surface area contributed by atoms with Crippen LogP contribution < -0.4 is 0 Å². The Morgan fingerprint density at radius 1 is 1.24 bits per heavy atom. The van der Waals surface area contributed by atoms with Crippen LogP contribution in [0.25, 0.3) is 0 Å². The zero-order valence-corrected chi connectivity index (χ0v) is 12.5. The number of carbonyl (C=O) groups is 2. The van der Waals surface area contributed by atoms with E-state index in [1.54, 1.807) is 20.8 Å². The van der Waals surface area contributed by atoms with Crippen molar-refractivity contribution in [1.82, 2.24) is 0 Å². The van der Waals surface area contributed by atoms with Crippen LogP contribution in [0.3, 0.4) is 0 Å². The maximum absolute atomic E-state index is 11.5. The summed E-state index contributed by atoms with van der Waals surface area (Å²) in [5.74, 6) is -0.633. The van der Waals surface area contributed by atoms with Crippen LogP contribution in [0.5, 0.6) is 0 Å². The van der Waals surface area contributed by atoms with Crippen molar-refractivity contribution in [1.29, 1.82) is 0 Å². The van der Waals surface area contributed by atoms with Crippen LogP contribution in [0.1, 0.15) is 47.0 Å². The van der Waals surface area contributed by atoms with Gasteiger partial charge in [-0.2, -0.15) is 0 Å². The third-order valence-corrected chi connectivity index (χ3v) is 2.46. The minimum Gasteiger partial charge on any atom is -0.461 e. The van der Waals surface area contributed by atoms with Crippen molar-refractivity contribution in [2.24, 2.45) is 0 Å². The fourth-order valence-corrected chi connectivity index (χ4v) is 1.51. The highest BCUT2D eigenvalue weighted by Gasteiger charge is 2.22. The Balaban J connectivity index is 4.13. The van der Waals surface area contributed by atoms with Gasteiger partial charge in [0.25, 0.3) is 0 Å². The van der Waals surface area contributed by atoms with E-state index in [0.717, 1.165) is 6.42 Å². The second-order valence-corrected chi connectivity index (χ2v) is 5.45. The molecule has 0 N–H and O–H groups in total. The Hall–Kier alpha value is -0.580. The fourth-order valence-electron chi connectivity index (χ4n) is 1.15. The minimum atomic E-state index is -0.513. The monoisotopic (exact) mass is 308 g/mol. The van der Waals surface area contributed by atoms with E-state index in [1.165, 1.54) is 0 Å². The predicted octanol–water partition coefficient (Wildman–Crippen LogP) is 2.83. The number of alkyl halides is 1. The third kappa shape index (κ3) is 9.15. The first-order valence-corrected chi connectivity index (χ1v) is 6.88. The largest absolute Gasteiger partial charge is 0.461 e. The van der Waals surface area contributed by atoms with Gasteiger partial charge in [-0.3, -0.25) is 9.59 Å². The fraction of sp³-hybridized carbons (Fsp3) is 0.833. The zero-order valence-electron chi connectivity index (χ0n) is 10.9. The molecule has 0 aliphatic carbocycles. The summed E-state index contributed by atoms with van der Waals surface area (Å²) in [7, 11) is 0. The molecule has 0 saturated carbocycles. The quantitative estimate of drug-likeness (QED) is 0.559. The van der Waals surface area contributed by atoms with Gasteiger partial charge in [-0.25, -0.2) is 0 Å². The van der Waals surface area contributed by atoms with Gasteiger partial charge in [-0.05, 0) is 27.2 Å². The summed E-state index contributed by atoms with van der Waals surface area (Å²) in [5, 5.41) is 0.432. The summed E-state index contributed by atoms with van der Waals surface area (Å²) in [5.41, 5.74) is -0.513. The van der Waals surface area contributed by atoms with Crippen LogP contribution >= 0.6 is 15.9 Å². The summed E-state index contributed by atoms with van der Waals surface area (Å²) in [6.07, 6.45) is 0.736. The lowest BCUT2D eigenvalue weighted by atomic mass is 10.2. The van der Waals surface area contributed by atoms with Gasteiger partial charge in [0.2, 0.25) is 0 Å². The normalized spacial score (nSPS) is 13.0. The molecule has 4 nitrogen and oxygen atoms in total. The standard InChI is InChI=1S/C12H21BrO4/c1-5-6-10(14)16-9(8-13)7-11(15)17-12(2,3)4/h9H,5-8H2,1-4H3. The molecular formula is C12H21BrO4. The van der Waals surface area contributed by atoms with Crippen molar-refractivity contribution in [3.8, 4) is 0 Å². The molecule has 0 bridgehead atoms. The van der Waals surface area contributed by atoms with Crippen molar-refractivity contribution >= 4 is 27.9 Å². The summed E-state index contributed by atoms with van der Waals surface area (Å²) >= 11 is 3.22. The van der Waals surface area contributed by atoms with E-state index in [4.69, 9.17) is 9.47 Å². The predicted molar refractivity (Wildman–Crippen MR) is 69.0 cm³/mol. The molecule has 0 radical (unpaired) electrons. The van der Waals surface area contributed by atoms with E-state index in [2.05, 4.69) is 15.9 Å². The average molecular weight is 309 g/mol. The highest BCUT2D eigenvalue weighted by atomic mass is 79.9. The van der Waals surface area contributed by atoms with Crippen LogP contribution in [0, 0.1) is 0 Å². The van der Waals surface area contributed by atoms with Crippen molar-refractivity contribution in [3.05, 3.63) is 0 Å². The molecule has 0 fully saturated rings. The Labute approximate surface area is 111 Å². The summed E-state index contributed by atoms with van der Waals surface area (Å²) in [4.78, 5) is 22.8. The van der Waals surface area contributed by atoms with Crippen molar-refractivity contribution < 1.29 is 19.1 Å². The van der Waals surface area contributed by atoms with Gasteiger partial charge in [-0.1, -0.05) is 22.9 Å². The lowest BCUT2D eigenvalue weighted by Gasteiger charge is -2.21. The molecule has 17 heavy (non-hydrogen) atoms. The molecule has 0 spiro atoms. The van der Waals surface area contributed by atoms with Gasteiger partial charge >= 0.3 is 11.9 Å². The number of carbonyl (C=O) groups excluding carboxylic acids is 2. The van der Waals surface area contributed by atoms with Crippen LogP contribution in [0.2, 0.25) is 0 Å². The second kappa shape index (κ2) is 7.69. The van der Waals surface area contributed by atoms with Crippen LogP contribution in [-0.4, -0.2) is 29.0 Å². The minimum absolute atomic E-state index is 0.0813. The van der Waals surface area contributed by atoms with E-state index < -0.39 is 11.7 Å². The van der Waals surface area contributed by atoms with Gasteiger partial charge in [0, 0.05) is 11.8 Å². The molecule has 100 valence electrons. The Morgan fingerprint density at radius 3 is 2.24 bits per heavy atom. The van der Waals surface area contributed by atoms with E-state index in [1.807, 2.05) is 6.92 Å². The molecule has 0 amide bonds. The summed E-state index contributed by atoms with van der Waals surface area (Å²) in [6, 6.07) is 0. The maximum atomic E-state index is 11.5. The van der Waals surface area contributed by atoms with Gasteiger partial charge in [-0.15, -0.1) is 0 Å². The average Bonchev–Trinajstić information content (AvgIpc) is 2.13. The lowest BCUT2D eigenvalue weighted by molar-refractivity contribution is -0.160. The van der Waals surface area contributed by atoms with Gasteiger partial charge in [0.05, 0.1) is 6.42 Å². The van der Waals surface area contributed by atoms with E-state index in [0.29, 0.717) is 11.8 Å². The van der Waals surface area contributed by atoms with Gasteiger partial charge in [0.1, 0.15) is 11.7 Å². The van der Waals surface area contributed by atoms with Crippen molar-refractivity contribution in [2.45, 2.75) is 58.7 Å². The number of ether oxygens (including phenoxy) is 2. The Kier molecular flexibility index (Phi) is 7.43. The SMILES string of the molecule is CCCC(=O)OC(CBr)CC(=O)OC(C)(C)C. The molecule has 0 aromatic carbocycles. The van der Waals surface area contributed by atoms with Gasteiger partial charge in [0.15, 0.2) is 0 Å². The van der Waals surface area contributed by atoms with Crippen molar-refractivity contribution in [3.63, 3.8) is 0 Å². The lowest BCUT2D eigenvalue weighted by Crippen LogP contribution is -2.29. The zero-order chi connectivity index (χ0) is 13.5. The molecular weight excluding hydrogens is 288 g/mol. The Morgan fingerprint density at radius 2 is 1.82 bits per heavy atom. The van der Waals surface area contributed by atoms with E-state index >= 15 is 0 Å². The third-order valence-electron chi connectivity index (χ3n) is 1.74. The van der Waals surface area contributed by atoms with E-state index in [9.17, 15) is 9.59 Å². The molecule has 0 saturated heterocycles. The number of rotatable bonds is 6. The first kappa shape index (κ1) is 16.4. The molecule has 0 aliphatic heterocycles. The van der Waals surface area contributed by atoms with Crippen molar-refractivity contribution in [2.75, 3.05) is 5.33 Å². The van der Waals surface area contributed by atoms with Crippen LogP contribution in [0.4, 0.5) is 0 Å². The second-order valence-electron chi connectivity index (χ2n) is 4.81. The number of hydrogen-bond donors (Lipinski definition) is 0. The number of esters is 2. The molecule has 5 heteroatoms. The Bertz CT molecular complexity index is 258. The molecule has 0 rings (SSSR count).